The second-order valence-electron chi connectivity index (χ2n) is 6.21. The lowest BCUT2D eigenvalue weighted by Gasteiger charge is -2.20. The summed E-state index contributed by atoms with van der Waals surface area (Å²) in [7, 11) is 0. The maximum atomic E-state index is 12.5. The van der Waals surface area contributed by atoms with Gasteiger partial charge in [-0.15, -0.1) is 0 Å². The Balaban J connectivity index is 2.05. The molecule has 0 aliphatic carbocycles. The minimum Gasteiger partial charge on any atom is -0.508 e. The molecule has 29 heavy (non-hydrogen) atoms. The highest BCUT2D eigenvalue weighted by Crippen LogP contribution is 2.12. The number of carbonyl (C=O) groups excluding carboxylic acids is 2. The Kier molecular flexibility index (Phi) is 7.99. The molecule has 2 atom stereocenters. The van der Waals surface area contributed by atoms with Crippen molar-refractivity contribution in [3.05, 3.63) is 65.7 Å². The van der Waals surface area contributed by atoms with Crippen LogP contribution in [0.1, 0.15) is 11.1 Å². The summed E-state index contributed by atoms with van der Waals surface area (Å²) in [5.74, 6) is -2.16. The van der Waals surface area contributed by atoms with E-state index in [1.807, 2.05) is 6.07 Å². The van der Waals surface area contributed by atoms with Gasteiger partial charge >= 0.3 is 12.1 Å². The normalized spacial score (nSPS) is 12.4. The van der Waals surface area contributed by atoms with Crippen LogP contribution in [0, 0.1) is 0 Å². The molecule has 9 heteroatoms. The van der Waals surface area contributed by atoms with Gasteiger partial charge in [-0.1, -0.05) is 42.5 Å². The molecule has 2 rings (SSSR count). The van der Waals surface area contributed by atoms with E-state index in [0.29, 0.717) is 5.56 Å². The van der Waals surface area contributed by atoms with Crippen LogP contribution in [0.5, 0.6) is 5.75 Å². The van der Waals surface area contributed by atoms with Gasteiger partial charge in [-0.05, 0) is 23.3 Å². The van der Waals surface area contributed by atoms with E-state index in [1.165, 1.54) is 12.1 Å². The number of aromatic hydroxyl groups is 1. The SMILES string of the molecule is O=C(N[C@@H](Cc1ccc(O)cc1)C(=O)N[C@H](CO)C(=O)O)OCc1ccccc1. The number of hydrogen-bond donors (Lipinski definition) is 5. The Bertz CT molecular complexity index is 824. The van der Waals surface area contributed by atoms with Crippen LogP contribution < -0.4 is 10.6 Å². The number of phenolic OH excluding ortho intramolecular Hbond substituents is 1. The molecule has 0 aliphatic rings. The van der Waals surface area contributed by atoms with E-state index in [-0.39, 0.29) is 18.8 Å². The Morgan fingerprint density at radius 2 is 1.55 bits per heavy atom. The average molecular weight is 402 g/mol. The number of ether oxygens (including phenoxy) is 1. The van der Waals surface area contributed by atoms with Crippen LogP contribution in [-0.4, -0.2) is 52.0 Å². The van der Waals surface area contributed by atoms with E-state index in [2.05, 4.69) is 10.6 Å². The minimum absolute atomic E-state index is 0.00534. The van der Waals surface area contributed by atoms with Crippen molar-refractivity contribution in [3.8, 4) is 5.75 Å². The number of aliphatic hydroxyl groups is 1. The number of carboxylic acid groups (broad SMARTS) is 1. The van der Waals surface area contributed by atoms with Crippen LogP contribution in [0.3, 0.4) is 0 Å². The van der Waals surface area contributed by atoms with Gasteiger partial charge in [0.05, 0.1) is 6.61 Å². The fraction of sp³-hybridized carbons (Fsp3) is 0.250. The molecular weight excluding hydrogens is 380 g/mol. The Morgan fingerprint density at radius 1 is 0.897 bits per heavy atom. The van der Waals surface area contributed by atoms with Gasteiger partial charge in [0.15, 0.2) is 0 Å². The molecule has 154 valence electrons. The molecule has 0 unspecified atom stereocenters. The predicted octanol–water partition coefficient (Wildman–Crippen LogP) is 0.791. The number of carboxylic acids is 1. The Morgan fingerprint density at radius 3 is 2.14 bits per heavy atom. The lowest BCUT2D eigenvalue weighted by atomic mass is 10.0. The molecule has 0 aliphatic heterocycles. The van der Waals surface area contributed by atoms with Crippen molar-refractivity contribution in [3.63, 3.8) is 0 Å². The van der Waals surface area contributed by atoms with Crippen molar-refractivity contribution < 1.29 is 34.4 Å². The number of aliphatic hydroxyl groups excluding tert-OH is 1. The molecule has 0 heterocycles. The Hall–Kier alpha value is -3.59. The predicted molar refractivity (Wildman–Crippen MR) is 102 cm³/mol. The average Bonchev–Trinajstić information content (AvgIpc) is 2.72. The third-order valence-electron chi connectivity index (χ3n) is 3.99. The van der Waals surface area contributed by atoms with Gasteiger partial charge < -0.3 is 30.7 Å². The van der Waals surface area contributed by atoms with E-state index in [4.69, 9.17) is 14.9 Å². The third-order valence-corrected chi connectivity index (χ3v) is 3.99. The second-order valence-corrected chi connectivity index (χ2v) is 6.21. The first kappa shape index (κ1) is 21.7. The molecule has 2 aromatic rings. The van der Waals surface area contributed by atoms with Gasteiger partial charge in [-0.3, -0.25) is 4.79 Å². The first-order valence-electron chi connectivity index (χ1n) is 8.78. The summed E-state index contributed by atoms with van der Waals surface area (Å²) in [4.78, 5) is 35.7. The summed E-state index contributed by atoms with van der Waals surface area (Å²) in [5, 5.41) is 32.1. The van der Waals surface area contributed by atoms with Crippen LogP contribution in [0.15, 0.2) is 54.6 Å². The lowest BCUT2D eigenvalue weighted by molar-refractivity contribution is -0.143. The van der Waals surface area contributed by atoms with Crippen LogP contribution in [0.2, 0.25) is 0 Å². The molecule has 2 amide bonds. The molecule has 0 bridgehead atoms. The number of benzene rings is 2. The highest BCUT2D eigenvalue weighted by molar-refractivity contribution is 5.89. The van der Waals surface area contributed by atoms with Gasteiger partial charge in [-0.2, -0.15) is 0 Å². The number of nitrogens with one attached hydrogen (secondary N) is 2. The van der Waals surface area contributed by atoms with Crippen LogP contribution in [0.25, 0.3) is 0 Å². The first-order valence-corrected chi connectivity index (χ1v) is 8.78. The van der Waals surface area contributed by atoms with Gasteiger partial charge in [0.25, 0.3) is 0 Å². The summed E-state index contributed by atoms with van der Waals surface area (Å²) in [6, 6.07) is 12.2. The van der Waals surface area contributed by atoms with Crippen molar-refractivity contribution >= 4 is 18.0 Å². The van der Waals surface area contributed by atoms with E-state index < -0.39 is 36.7 Å². The zero-order chi connectivity index (χ0) is 21.2. The van der Waals surface area contributed by atoms with Crippen molar-refractivity contribution in [2.24, 2.45) is 0 Å². The first-order chi connectivity index (χ1) is 13.9. The highest BCUT2D eigenvalue weighted by Gasteiger charge is 2.27. The summed E-state index contributed by atoms with van der Waals surface area (Å²) >= 11 is 0. The molecule has 5 N–H and O–H groups in total. The zero-order valence-corrected chi connectivity index (χ0v) is 15.4. The standard InChI is InChI=1S/C20H22N2O7/c23-11-17(19(26)27)21-18(25)16(10-13-6-8-15(24)9-7-13)22-20(28)29-12-14-4-2-1-3-5-14/h1-9,16-17,23-24H,10-12H2,(H,21,25)(H,22,28)(H,26,27)/t16-,17+/m0/s1. The highest BCUT2D eigenvalue weighted by atomic mass is 16.5. The number of alkyl carbamates (subject to hydrolysis) is 1. The van der Waals surface area contributed by atoms with Gasteiger partial charge in [-0.25, -0.2) is 9.59 Å². The monoisotopic (exact) mass is 402 g/mol. The number of amides is 2. The largest absolute Gasteiger partial charge is 0.508 e. The lowest BCUT2D eigenvalue weighted by Crippen LogP contribution is -2.53. The molecule has 0 fully saturated rings. The van der Waals surface area contributed by atoms with E-state index >= 15 is 0 Å². The van der Waals surface area contributed by atoms with Crippen molar-refractivity contribution in [1.82, 2.24) is 10.6 Å². The topological polar surface area (TPSA) is 145 Å². The van der Waals surface area contributed by atoms with E-state index in [0.717, 1.165) is 5.56 Å². The van der Waals surface area contributed by atoms with Crippen LogP contribution in [-0.2, 0) is 27.4 Å². The zero-order valence-electron chi connectivity index (χ0n) is 15.4. The summed E-state index contributed by atoms with van der Waals surface area (Å²) in [5.41, 5.74) is 1.37. The van der Waals surface area contributed by atoms with Gasteiger partial charge in [0, 0.05) is 6.42 Å². The van der Waals surface area contributed by atoms with Crippen LogP contribution in [0.4, 0.5) is 4.79 Å². The molecule has 0 spiro atoms. The quantitative estimate of drug-likeness (QED) is 0.417. The van der Waals surface area contributed by atoms with Crippen LogP contribution >= 0.6 is 0 Å². The third kappa shape index (κ3) is 7.15. The number of hydrogen-bond acceptors (Lipinski definition) is 6. The number of rotatable bonds is 9. The molecule has 2 aromatic carbocycles. The molecule has 0 radical (unpaired) electrons. The molecular formula is C20H22N2O7. The van der Waals surface area contributed by atoms with Gasteiger partial charge in [0.2, 0.25) is 5.91 Å². The van der Waals surface area contributed by atoms with Crippen molar-refractivity contribution in [2.45, 2.75) is 25.1 Å². The maximum absolute atomic E-state index is 12.5. The van der Waals surface area contributed by atoms with Crippen molar-refractivity contribution in [2.75, 3.05) is 6.61 Å². The van der Waals surface area contributed by atoms with Crippen molar-refractivity contribution in [1.29, 1.82) is 0 Å². The van der Waals surface area contributed by atoms with E-state index in [9.17, 15) is 19.5 Å². The molecule has 0 aromatic heterocycles. The summed E-state index contributed by atoms with van der Waals surface area (Å²) in [6.45, 7) is -0.805. The number of aliphatic carboxylic acids is 1. The smallest absolute Gasteiger partial charge is 0.408 e. The fourth-order valence-electron chi connectivity index (χ4n) is 2.44. The van der Waals surface area contributed by atoms with E-state index in [1.54, 1.807) is 36.4 Å². The molecule has 0 saturated heterocycles. The fourth-order valence-corrected chi connectivity index (χ4v) is 2.44. The Labute approximate surface area is 166 Å². The maximum Gasteiger partial charge on any atom is 0.408 e. The number of carbonyl (C=O) groups is 3. The minimum atomic E-state index is -1.51. The molecule has 9 nitrogen and oxygen atoms in total. The summed E-state index contributed by atoms with van der Waals surface area (Å²) in [6.07, 6.45) is -0.840. The molecule has 0 saturated carbocycles. The number of phenols is 1. The second kappa shape index (κ2) is 10.7. The summed E-state index contributed by atoms with van der Waals surface area (Å²) < 4.78 is 5.11. The van der Waals surface area contributed by atoms with Gasteiger partial charge in [0.1, 0.15) is 24.4 Å².